The number of piperidine rings is 1. The highest BCUT2D eigenvalue weighted by Gasteiger charge is 2.23. The number of rotatable bonds is 6. The molecule has 1 aliphatic heterocycles. The zero-order chi connectivity index (χ0) is 17.5. The van der Waals surface area contributed by atoms with Crippen LogP contribution in [0.2, 0.25) is 0 Å². The molecule has 0 aromatic heterocycles. The summed E-state index contributed by atoms with van der Waals surface area (Å²) < 4.78 is 16.1. The van der Waals surface area contributed by atoms with E-state index in [2.05, 4.69) is 12.2 Å². The Kier molecular flexibility index (Phi) is 6.58. The summed E-state index contributed by atoms with van der Waals surface area (Å²) in [6, 6.07) is 4.12. The van der Waals surface area contributed by atoms with E-state index >= 15 is 0 Å². The molecule has 1 aromatic rings. The van der Waals surface area contributed by atoms with Gasteiger partial charge in [0.15, 0.2) is 11.5 Å². The van der Waals surface area contributed by atoms with E-state index in [9.17, 15) is 4.79 Å². The first-order chi connectivity index (χ1) is 11.6. The van der Waals surface area contributed by atoms with Gasteiger partial charge in [-0.15, -0.1) is 0 Å². The normalized spacial score (nSPS) is 17.3. The van der Waals surface area contributed by atoms with Crippen LogP contribution in [0.4, 0.5) is 4.79 Å². The molecule has 0 aliphatic carbocycles. The first-order valence-electron chi connectivity index (χ1n) is 8.44. The molecule has 0 spiro atoms. The van der Waals surface area contributed by atoms with E-state index < -0.39 is 0 Å². The van der Waals surface area contributed by atoms with E-state index in [1.165, 1.54) is 6.42 Å². The van der Waals surface area contributed by atoms with Gasteiger partial charge in [-0.25, -0.2) is 4.79 Å². The largest absolute Gasteiger partial charge is 0.493 e. The number of carbonyl (C=O) groups excluding carboxylic acids is 1. The van der Waals surface area contributed by atoms with Crippen LogP contribution in [-0.4, -0.2) is 51.4 Å². The van der Waals surface area contributed by atoms with Crippen LogP contribution in [0.15, 0.2) is 12.1 Å². The Hall–Kier alpha value is -2.11. The fraction of sp³-hybridized carbons (Fsp3) is 0.611. The lowest BCUT2D eigenvalue weighted by atomic mass is 10.0. The maximum absolute atomic E-state index is 12.3. The molecule has 1 heterocycles. The molecule has 6 nitrogen and oxygen atoms in total. The molecule has 1 atom stereocenters. The summed E-state index contributed by atoms with van der Waals surface area (Å²) in [4.78, 5) is 14.2. The van der Waals surface area contributed by atoms with Gasteiger partial charge < -0.3 is 24.4 Å². The SMILES string of the molecule is COc1ccc(CCNC(=O)N2CCCCC2C)c(OC)c1OC. The van der Waals surface area contributed by atoms with E-state index in [-0.39, 0.29) is 6.03 Å². The molecule has 0 bridgehead atoms. The maximum atomic E-state index is 12.3. The Morgan fingerprint density at radius 2 is 1.92 bits per heavy atom. The van der Waals surface area contributed by atoms with Gasteiger partial charge in [0.2, 0.25) is 5.75 Å². The van der Waals surface area contributed by atoms with Crippen LogP contribution >= 0.6 is 0 Å². The van der Waals surface area contributed by atoms with Crippen molar-refractivity contribution in [3.63, 3.8) is 0 Å². The average molecular weight is 336 g/mol. The molecule has 2 rings (SSSR count). The minimum Gasteiger partial charge on any atom is -0.493 e. The second kappa shape index (κ2) is 8.66. The van der Waals surface area contributed by atoms with Crippen molar-refractivity contribution < 1.29 is 19.0 Å². The number of hydrogen-bond donors (Lipinski definition) is 1. The quantitative estimate of drug-likeness (QED) is 0.868. The number of amides is 2. The summed E-state index contributed by atoms with van der Waals surface area (Å²) in [6.45, 7) is 3.50. The van der Waals surface area contributed by atoms with Crippen molar-refractivity contribution in [2.75, 3.05) is 34.4 Å². The van der Waals surface area contributed by atoms with Gasteiger partial charge in [0.25, 0.3) is 0 Å². The lowest BCUT2D eigenvalue weighted by Gasteiger charge is -2.33. The van der Waals surface area contributed by atoms with Crippen molar-refractivity contribution in [1.82, 2.24) is 10.2 Å². The second-order valence-corrected chi connectivity index (χ2v) is 6.01. The minimum atomic E-state index is 0.0154. The molecule has 134 valence electrons. The summed E-state index contributed by atoms with van der Waals surface area (Å²) in [5.41, 5.74) is 0.974. The molecular weight excluding hydrogens is 308 g/mol. The van der Waals surface area contributed by atoms with E-state index in [1.807, 2.05) is 17.0 Å². The predicted octanol–water partition coefficient (Wildman–Crippen LogP) is 2.84. The zero-order valence-electron chi connectivity index (χ0n) is 15.1. The van der Waals surface area contributed by atoms with Gasteiger partial charge in [-0.3, -0.25) is 0 Å². The van der Waals surface area contributed by atoms with Crippen molar-refractivity contribution in [3.8, 4) is 17.2 Å². The second-order valence-electron chi connectivity index (χ2n) is 6.01. The number of methoxy groups -OCH3 is 3. The molecule has 2 amide bonds. The molecule has 0 radical (unpaired) electrons. The van der Waals surface area contributed by atoms with Crippen LogP contribution in [0, 0.1) is 0 Å². The molecular formula is C18H28N2O4. The highest BCUT2D eigenvalue weighted by Crippen LogP contribution is 2.39. The molecule has 0 saturated carbocycles. The van der Waals surface area contributed by atoms with Crippen LogP contribution in [0.3, 0.4) is 0 Å². The van der Waals surface area contributed by atoms with Gasteiger partial charge in [0, 0.05) is 24.7 Å². The van der Waals surface area contributed by atoms with Crippen LogP contribution in [-0.2, 0) is 6.42 Å². The minimum absolute atomic E-state index is 0.0154. The Labute approximate surface area is 144 Å². The summed E-state index contributed by atoms with van der Waals surface area (Å²) in [5, 5.41) is 3.01. The van der Waals surface area contributed by atoms with Gasteiger partial charge in [-0.1, -0.05) is 6.07 Å². The molecule has 1 aliphatic rings. The number of nitrogens with zero attached hydrogens (tertiary/aromatic N) is 1. The molecule has 1 N–H and O–H groups in total. The number of urea groups is 1. The van der Waals surface area contributed by atoms with Crippen molar-refractivity contribution in [1.29, 1.82) is 0 Å². The molecule has 1 aromatic carbocycles. The molecule has 6 heteroatoms. The Balaban J connectivity index is 1.98. The third-order valence-electron chi connectivity index (χ3n) is 4.52. The highest BCUT2D eigenvalue weighted by atomic mass is 16.5. The summed E-state index contributed by atoms with van der Waals surface area (Å²) in [5.74, 6) is 1.86. The summed E-state index contributed by atoms with van der Waals surface area (Å²) in [6.07, 6.45) is 4.03. The lowest BCUT2D eigenvalue weighted by Crippen LogP contribution is -2.47. The standard InChI is InChI=1S/C18H28N2O4/c1-13-7-5-6-12-20(13)18(21)19-11-10-14-8-9-15(22-2)17(24-4)16(14)23-3/h8-9,13H,5-7,10-12H2,1-4H3,(H,19,21). The van der Waals surface area contributed by atoms with E-state index in [0.717, 1.165) is 24.9 Å². The van der Waals surface area contributed by atoms with Gasteiger partial charge >= 0.3 is 6.03 Å². The van der Waals surface area contributed by atoms with Gasteiger partial charge in [-0.05, 0) is 38.7 Å². The van der Waals surface area contributed by atoms with Crippen LogP contribution in [0.25, 0.3) is 0 Å². The highest BCUT2D eigenvalue weighted by molar-refractivity contribution is 5.74. The van der Waals surface area contributed by atoms with Crippen LogP contribution < -0.4 is 19.5 Å². The number of likely N-dealkylation sites (tertiary alicyclic amines) is 1. The number of carbonyl (C=O) groups is 1. The van der Waals surface area contributed by atoms with Crippen LogP contribution in [0.1, 0.15) is 31.7 Å². The summed E-state index contributed by atoms with van der Waals surface area (Å²) >= 11 is 0. The fourth-order valence-corrected chi connectivity index (χ4v) is 3.17. The smallest absolute Gasteiger partial charge is 0.317 e. The third kappa shape index (κ3) is 4.04. The number of nitrogens with one attached hydrogen (secondary N) is 1. The lowest BCUT2D eigenvalue weighted by molar-refractivity contribution is 0.158. The Morgan fingerprint density at radius 3 is 2.54 bits per heavy atom. The van der Waals surface area contributed by atoms with Gasteiger partial charge in [0.05, 0.1) is 21.3 Å². The Morgan fingerprint density at radius 1 is 1.17 bits per heavy atom. The van der Waals surface area contributed by atoms with Crippen molar-refractivity contribution >= 4 is 6.03 Å². The van der Waals surface area contributed by atoms with Crippen molar-refractivity contribution in [3.05, 3.63) is 17.7 Å². The van der Waals surface area contributed by atoms with E-state index in [0.29, 0.717) is 36.3 Å². The van der Waals surface area contributed by atoms with Crippen molar-refractivity contribution in [2.24, 2.45) is 0 Å². The van der Waals surface area contributed by atoms with Crippen molar-refractivity contribution in [2.45, 2.75) is 38.6 Å². The van der Waals surface area contributed by atoms with Crippen LogP contribution in [0.5, 0.6) is 17.2 Å². The average Bonchev–Trinajstić information content (AvgIpc) is 2.61. The first kappa shape index (κ1) is 18.2. The maximum Gasteiger partial charge on any atom is 0.317 e. The van der Waals surface area contributed by atoms with Gasteiger partial charge in [-0.2, -0.15) is 0 Å². The Bertz CT molecular complexity index is 562. The number of benzene rings is 1. The van der Waals surface area contributed by atoms with E-state index in [1.54, 1.807) is 21.3 Å². The summed E-state index contributed by atoms with van der Waals surface area (Å²) in [7, 11) is 4.79. The van der Waals surface area contributed by atoms with Gasteiger partial charge in [0.1, 0.15) is 0 Å². The fourth-order valence-electron chi connectivity index (χ4n) is 3.17. The number of ether oxygens (including phenoxy) is 3. The molecule has 1 saturated heterocycles. The third-order valence-corrected chi connectivity index (χ3v) is 4.52. The topological polar surface area (TPSA) is 60.0 Å². The first-order valence-corrected chi connectivity index (χ1v) is 8.44. The monoisotopic (exact) mass is 336 g/mol. The molecule has 24 heavy (non-hydrogen) atoms. The molecule has 1 fully saturated rings. The number of hydrogen-bond acceptors (Lipinski definition) is 4. The zero-order valence-corrected chi connectivity index (χ0v) is 15.1. The molecule has 1 unspecified atom stereocenters. The van der Waals surface area contributed by atoms with E-state index in [4.69, 9.17) is 14.2 Å². The predicted molar refractivity (Wildman–Crippen MR) is 93.2 cm³/mol.